The number of nitrogens with one attached hydrogen (secondary N) is 1. The summed E-state index contributed by atoms with van der Waals surface area (Å²) in [6.45, 7) is 0.659. The van der Waals surface area contributed by atoms with Crippen LogP contribution >= 0.6 is 11.6 Å². The third kappa shape index (κ3) is 5.21. The second-order valence-corrected chi connectivity index (χ2v) is 6.85. The van der Waals surface area contributed by atoms with Crippen LogP contribution in [0.3, 0.4) is 0 Å². The molecule has 2 aromatic rings. The third-order valence-corrected chi connectivity index (χ3v) is 4.56. The van der Waals surface area contributed by atoms with Gasteiger partial charge in [0.05, 0.1) is 23.7 Å². The third-order valence-electron chi connectivity index (χ3n) is 4.36. The maximum Gasteiger partial charge on any atom is 0.416 e. The summed E-state index contributed by atoms with van der Waals surface area (Å²) >= 11 is 5.76. The molecule has 1 aromatic carbocycles. The van der Waals surface area contributed by atoms with Gasteiger partial charge in [-0.15, -0.1) is 0 Å². The topological polar surface area (TPSA) is 80.4 Å². The average molecular weight is 423 g/mol. The van der Waals surface area contributed by atoms with Crippen molar-refractivity contribution in [1.29, 1.82) is 0 Å². The van der Waals surface area contributed by atoms with Crippen molar-refractivity contribution in [2.24, 2.45) is 10.7 Å². The van der Waals surface area contributed by atoms with Crippen LogP contribution in [0, 0.1) is 0 Å². The van der Waals surface area contributed by atoms with Gasteiger partial charge in [-0.2, -0.15) is 13.2 Å². The molecule has 0 aliphatic carbocycles. The number of alkyl halides is 3. The number of anilines is 1. The molecule has 0 fully saturated rings. The van der Waals surface area contributed by atoms with Crippen LogP contribution in [0.15, 0.2) is 41.4 Å². The lowest BCUT2D eigenvalue weighted by atomic mass is 9.97. The molecule has 0 spiro atoms. The number of carbonyl (C=O) groups is 1. The van der Waals surface area contributed by atoms with Crippen molar-refractivity contribution in [2.45, 2.75) is 18.5 Å². The molecule has 9 heteroatoms. The molecule has 1 unspecified atom stereocenters. The first-order valence-electron chi connectivity index (χ1n) is 8.84. The van der Waals surface area contributed by atoms with Gasteiger partial charge in [0, 0.05) is 17.5 Å². The highest BCUT2D eigenvalue weighted by Gasteiger charge is 2.33. The normalized spacial score (nSPS) is 14.2. The van der Waals surface area contributed by atoms with E-state index in [2.05, 4.69) is 15.3 Å². The Balaban J connectivity index is 1.88. The monoisotopic (exact) mass is 422 g/mol. The minimum Gasteiger partial charge on any atom is -0.330 e. The number of benzene rings is 1. The summed E-state index contributed by atoms with van der Waals surface area (Å²) in [5, 5.41) is 2.39. The number of fused-ring (bicyclic) bond motifs is 1. The molecule has 0 saturated heterocycles. The standard InChI is InChI=1S/C20H18ClF3N4O/c21-18-10-14(20(22,23)24)9-17(28-18)16(5-6-25)19(29)27-15-4-3-12-2-1-7-26-11-13(12)8-15/h1-4,8-11,16H,5-7,25H2,(H,27,29). The number of nitrogens with two attached hydrogens (primary N) is 1. The van der Waals surface area contributed by atoms with E-state index in [9.17, 15) is 18.0 Å². The van der Waals surface area contributed by atoms with Gasteiger partial charge in [0.2, 0.25) is 5.91 Å². The number of aliphatic imine (C=N–C) groups is 1. The predicted molar refractivity (Wildman–Crippen MR) is 107 cm³/mol. The highest BCUT2D eigenvalue weighted by Crippen LogP contribution is 2.33. The molecule has 3 N–H and O–H groups in total. The molecule has 1 aliphatic rings. The lowest BCUT2D eigenvalue weighted by molar-refractivity contribution is -0.137. The molecule has 3 rings (SSSR count). The first-order chi connectivity index (χ1) is 13.8. The summed E-state index contributed by atoms with van der Waals surface area (Å²) in [6, 6.07) is 6.85. The number of pyridine rings is 1. The smallest absolute Gasteiger partial charge is 0.330 e. The summed E-state index contributed by atoms with van der Waals surface area (Å²) in [4.78, 5) is 21.0. The highest BCUT2D eigenvalue weighted by molar-refractivity contribution is 6.29. The Morgan fingerprint density at radius 3 is 2.76 bits per heavy atom. The largest absolute Gasteiger partial charge is 0.416 e. The lowest BCUT2D eigenvalue weighted by Gasteiger charge is -2.18. The van der Waals surface area contributed by atoms with Crippen molar-refractivity contribution < 1.29 is 18.0 Å². The second kappa shape index (κ2) is 8.75. The Labute approximate surface area is 170 Å². The Bertz CT molecular complexity index is 973. The first-order valence-corrected chi connectivity index (χ1v) is 9.22. The van der Waals surface area contributed by atoms with Gasteiger partial charge in [-0.05, 0) is 42.8 Å². The van der Waals surface area contributed by atoms with Gasteiger partial charge in [0.25, 0.3) is 0 Å². The van der Waals surface area contributed by atoms with Gasteiger partial charge >= 0.3 is 6.18 Å². The molecule has 1 aromatic heterocycles. The van der Waals surface area contributed by atoms with Crippen molar-refractivity contribution in [3.8, 4) is 0 Å². The predicted octanol–water partition coefficient (Wildman–Crippen LogP) is 4.27. The summed E-state index contributed by atoms with van der Waals surface area (Å²) in [5.74, 6) is -1.49. The van der Waals surface area contributed by atoms with E-state index in [0.29, 0.717) is 12.2 Å². The van der Waals surface area contributed by atoms with Gasteiger partial charge in [-0.1, -0.05) is 29.8 Å². The molecule has 1 aliphatic heterocycles. The molecule has 29 heavy (non-hydrogen) atoms. The van der Waals surface area contributed by atoms with Crippen LogP contribution in [0.4, 0.5) is 18.9 Å². The van der Waals surface area contributed by atoms with Crippen molar-refractivity contribution in [3.05, 3.63) is 63.9 Å². The maximum atomic E-state index is 13.1. The minimum atomic E-state index is -4.60. The van der Waals surface area contributed by atoms with E-state index >= 15 is 0 Å². The Hall–Kier alpha value is -2.71. The molecular weight excluding hydrogens is 405 g/mol. The van der Waals surface area contributed by atoms with Gasteiger partial charge in [0.15, 0.2) is 0 Å². The minimum absolute atomic E-state index is 0.0768. The van der Waals surface area contributed by atoms with Gasteiger partial charge < -0.3 is 11.1 Å². The van der Waals surface area contributed by atoms with Crippen LogP contribution in [-0.4, -0.2) is 30.2 Å². The van der Waals surface area contributed by atoms with Crippen LogP contribution in [0.2, 0.25) is 5.15 Å². The van der Waals surface area contributed by atoms with Crippen LogP contribution in [0.1, 0.15) is 34.7 Å². The fraction of sp³-hybridized carbons (Fsp3) is 0.250. The van der Waals surface area contributed by atoms with Gasteiger partial charge in [0.1, 0.15) is 5.15 Å². The van der Waals surface area contributed by atoms with Gasteiger partial charge in [-0.25, -0.2) is 4.98 Å². The SMILES string of the molecule is NCCC(C(=O)Nc1ccc2c(c1)C=NCC=C2)c1cc(C(F)(F)F)cc(Cl)n1. The van der Waals surface area contributed by atoms with E-state index in [1.54, 1.807) is 18.3 Å². The average Bonchev–Trinajstić information content (AvgIpc) is 2.89. The Kier molecular flexibility index (Phi) is 6.34. The fourth-order valence-electron chi connectivity index (χ4n) is 2.98. The van der Waals surface area contributed by atoms with E-state index in [1.165, 1.54) is 0 Å². The van der Waals surface area contributed by atoms with Crippen LogP contribution < -0.4 is 11.1 Å². The summed E-state index contributed by atoms with van der Waals surface area (Å²) < 4.78 is 39.3. The maximum absolute atomic E-state index is 13.1. The molecule has 1 atom stereocenters. The number of halogens is 4. The highest BCUT2D eigenvalue weighted by atomic mass is 35.5. The first kappa shape index (κ1) is 21.0. The second-order valence-electron chi connectivity index (χ2n) is 6.46. The zero-order valence-electron chi connectivity index (χ0n) is 15.2. The van der Waals surface area contributed by atoms with Crippen LogP contribution in [0.25, 0.3) is 6.08 Å². The number of rotatable bonds is 5. The van der Waals surface area contributed by atoms with E-state index in [4.69, 9.17) is 17.3 Å². The molecule has 152 valence electrons. The molecule has 2 heterocycles. The number of hydrogen-bond acceptors (Lipinski definition) is 4. The molecule has 0 radical (unpaired) electrons. The number of hydrogen-bond donors (Lipinski definition) is 2. The molecule has 0 saturated carbocycles. The number of amides is 1. The summed E-state index contributed by atoms with van der Waals surface area (Å²) in [7, 11) is 0. The number of carbonyl (C=O) groups excluding carboxylic acids is 1. The molecule has 0 bridgehead atoms. The fourth-order valence-corrected chi connectivity index (χ4v) is 3.19. The zero-order valence-corrected chi connectivity index (χ0v) is 16.0. The van der Waals surface area contributed by atoms with E-state index in [-0.39, 0.29) is 23.8 Å². The van der Waals surface area contributed by atoms with Gasteiger partial charge in [-0.3, -0.25) is 9.79 Å². The molecular formula is C20H18ClF3N4O. The number of nitrogens with zero attached hydrogens (tertiary/aromatic N) is 2. The quantitative estimate of drug-likeness (QED) is 0.706. The van der Waals surface area contributed by atoms with E-state index < -0.39 is 23.6 Å². The lowest BCUT2D eigenvalue weighted by Crippen LogP contribution is -2.25. The van der Waals surface area contributed by atoms with Crippen molar-refractivity contribution in [3.63, 3.8) is 0 Å². The molecule has 1 amide bonds. The molecule has 5 nitrogen and oxygen atoms in total. The Morgan fingerprint density at radius 2 is 2.03 bits per heavy atom. The van der Waals surface area contributed by atoms with Crippen molar-refractivity contribution in [1.82, 2.24) is 4.98 Å². The van der Waals surface area contributed by atoms with E-state index in [0.717, 1.165) is 23.3 Å². The zero-order chi connectivity index (χ0) is 21.0. The van der Waals surface area contributed by atoms with Crippen molar-refractivity contribution >= 4 is 35.5 Å². The number of aromatic nitrogens is 1. The van der Waals surface area contributed by atoms with Crippen LogP contribution in [0.5, 0.6) is 0 Å². The van der Waals surface area contributed by atoms with Crippen LogP contribution in [-0.2, 0) is 11.0 Å². The summed E-state index contributed by atoms with van der Waals surface area (Å²) in [6.07, 6.45) is 1.07. The Morgan fingerprint density at radius 1 is 1.24 bits per heavy atom. The van der Waals surface area contributed by atoms with E-state index in [1.807, 2.05) is 18.2 Å². The summed E-state index contributed by atoms with van der Waals surface area (Å²) in [5.41, 5.74) is 6.82. The van der Waals surface area contributed by atoms with Crippen molar-refractivity contribution in [2.75, 3.05) is 18.4 Å².